The van der Waals surface area contributed by atoms with Crippen LogP contribution in [-0.2, 0) is 24.2 Å². The van der Waals surface area contributed by atoms with Crippen LogP contribution in [0.15, 0.2) is 53.6 Å². The van der Waals surface area contributed by atoms with Gasteiger partial charge in [0.15, 0.2) is 26.5 Å². The van der Waals surface area contributed by atoms with Gasteiger partial charge in [0.1, 0.15) is 10.8 Å². The molecule has 10 nitrogen and oxygen atoms in total. The first-order chi connectivity index (χ1) is 19.6. The number of aliphatic carboxylic acids is 1. The molecule has 2 aromatic carbocycles. The van der Waals surface area contributed by atoms with Crippen molar-refractivity contribution in [3.63, 3.8) is 0 Å². The van der Waals surface area contributed by atoms with Gasteiger partial charge in [-0.05, 0) is 43.5 Å². The third-order valence-corrected chi connectivity index (χ3v) is 10.2. The van der Waals surface area contributed by atoms with E-state index in [0.29, 0.717) is 45.0 Å². The second-order valence-corrected chi connectivity index (χ2v) is 13.0. The summed E-state index contributed by atoms with van der Waals surface area (Å²) < 4.78 is 64.7. The summed E-state index contributed by atoms with van der Waals surface area (Å²) in [5, 5.41) is 12.2. The summed E-state index contributed by atoms with van der Waals surface area (Å²) in [4.78, 5) is 30.9. The van der Waals surface area contributed by atoms with Gasteiger partial charge in [0.05, 0.1) is 28.9 Å². The maximum absolute atomic E-state index is 14.5. The number of carbonyl (C=O) groups excluding carboxylic acids is 1. The first kappa shape index (κ1) is 28.9. The number of carboxylic acid groups (broad SMARTS) is 1. The smallest absolute Gasteiger partial charge is 0.306 e. The number of ether oxygens (including phenoxy) is 2. The van der Waals surface area contributed by atoms with E-state index in [1.54, 1.807) is 6.20 Å². The zero-order chi connectivity index (χ0) is 29.1. The monoisotopic (exact) mass is 607 g/mol. The number of carbonyl (C=O) groups is 2. The quantitative estimate of drug-likeness (QED) is 0.370. The van der Waals surface area contributed by atoms with Gasteiger partial charge in [0.25, 0.3) is 5.91 Å². The van der Waals surface area contributed by atoms with Gasteiger partial charge < -0.3 is 19.5 Å². The fourth-order valence-electron chi connectivity index (χ4n) is 4.74. The number of piperidine rings is 1. The molecule has 5 rings (SSSR count). The minimum absolute atomic E-state index is 0.0557. The Balaban J connectivity index is 1.35. The normalized spacial score (nSPS) is 18.7. The molecule has 0 spiro atoms. The maximum atomic E-state index is 14.5. The van der Waals surface area contributed by atoms with Gasteiger partial charge in [-0.2, -0.15) is 0 Å². The number of carboxylic acids is 1. The predicted molar refractivity (Wildman–Crippen MR) is 146 cm³/mol. The van der Waals surface area contributed by atoms with Crippen molar-refractivity contribution in [3.8, 4) is 5.75 Å². The molecule has 0 bridgehead atoms. The number of benzene rings is 2. The number of nitrogens with zero attached hydrogens (tertiary/aromatic N) is 2. The lowest BCUT2D eigenvalue weighted by molar-refractivity contribution is -0.142. The van der Waals surface area contributed by atoms with Crippen molar-refractivity contribution >= 4 is 43.2 Å². The Hall–Kier alpha value is -3.62. The van der Waals surface area contributed by atoms with Crippen molar-refractivity contribution in [2.45, 2.75) is 35.5 Å². The molecule has 218 valence electrons. The minimum Gasteiger partial charge on any atom is -0.481 e. The van der Waals surface area contributed by atoms with E-state index in [1.165, 1.54) is 35.6 Å². The first-order valence-corrected chi connectivity index (χ1v) is 15.3. The van der Waals surface area contributed by atoms with Crippen LogP contribution in [-0.4, -0.2) is 61.9 Å². The van der Waals surface area contributed by atoms with Crippen LogP contribution in [0.4, 0.5) is 18.9 Å². The van der Waals surface area contributed by atoms with Gasteiger partial charge in [-0.3, -0.25) is 14.9 Å². The molecule has 0 radical (unpaired) electrons. The highest BCUT2D eigenvalue weighted by Gasteiger charge is 2.32. The Morgan fingerprint density at radius 1 is 1.12 bits per heavy atom. The lowest BCUT2D eigenvalue weighted by Gasteiger charge is -2.30. The van der Waals surface area contributed by atoms with Gasteiger partial charge in [-0.15, -0.1) is 0 Å². The van der Waals surface area contributed by atoms with E-state index in [9.17, 15) is 31.9 Å². The highest BCUT2D eigenvalue weighted by atomic mass is 32.2. The number of halogens is 2. The lowest BCUT2D eigenvalue weighted by Crippen LogP contribution is -2.35. The fourth-order valence-corrected chi connectivity index (χ4v) is 7.19. The average Bonchev–Trinajstić information content (AvgIpc) is 3.66. The summed E-state index contributed by atoms with van der Waals surface area (Å²) in [5.41, 5.74) is 0.236. The summed E-state index contributed by atoms with van der Waals surface area (Å²) in [6.45, 7) is 1.53. The standard InChI is InChI=1S/C27H27F2N3O7S2/c28-18-3-6-22(21(29)13-18)39-24(16-1-4-19(5-2-16)41(36,37)20-9-12-38-15-20)25(33)31-27-30-14-23(40-27)32-10-7-17(8-11-32)26(34)35/h1-6,13-14,17,20,24H,7-12,15H2,(H,34,35)(H,30,31,33). The van der Waals surface area contributed by atoms with Crippen LogP contribution < -0.4 is 15.0 Å². The Bertz CT molecular complexity index is 1520. The number of anilines is 2. The number of amides is 1. The summed E-state index contributed by atoms with van der Waals surface area (Å²) >= 11 is 1.19. The van der Waals surface area contributed by atoms with Gasteiger partial charge in [-0.25, -0.2) is 22.2 Å². The molecule has 1 aromatic heterocycles. The molecule has 2 saturated heterocycles. The predicted octanol–water partition coefficient (Wildman–Crippen LogP) is 4.04. The maximum Gasteiger partial charge on any atom is 0.306 e. The number of rotatable bonds is 9. The number of hydrogen-bond donors (Lipinski definition) is 2. The highest BCUT2D eigenvalue weighted by molar-refractivity contribution is 7.92. The van der Waals surface area contributed by atoms with E-state index < -0.39 is 50.6 Å². The summed E-state index contributed by atoms with van der Waals surface area (Å²) in [6.07, 6.45) is 1.51. The minimum atomic E-state index is -3.65. The van der Waals surface area contributed by atoms with E-state index >= 15 is 0 Å². The molecule has 0 aliphatic carbocycles. The lowest BCUT2D eigenvalue weighted by atomic mass is 9.97. The summed E-state index contributed by atoms with van der Waals surface area (Å²) in [7, 11) is -3.65. The molecule has 1 amide bonds. The second-order valence-electron chi connectivity index (χ2n) is 9.76. The van der Waals surface area contributed by atoms with Crippen LogP contribution >= 0.6 is 11.3 Å². The molecular weight excluding hydrogens is 580 g/mol. The Morgan fingerprint density at radius 3 is 2.49 bits per heavy atom. The molecule has 2 N–H and O–H groups in total. The number of thiazole rings is 1. The van der Waals surface area contributed by atoms with Crippen molar-refractivity contribution < 1.29 is 41.4 Å². The number of nitrogens with one attached hydrogen (secondary N) is 1. The van der Waals surface area contributed by atoms with Crippen LogP contribution in [0, 0.1) is 17.6 Å². The van der Waals surface area contributed by atoms with E-state index in [1.807, 2.05) is 4.90 Å². The molecule has 2 fully saturated rings. The SMILES string of the molecule is O=C(O)C1CCN(c2cnc(NC(=O)C(Oc3ccc(F)cc3F)c3ccc(S(=O)(=O)C4CCOC4)cc3)s2)CC1. The Morgan fingerprint density at radius 2 is 1.85 bits per heavy atom. The van der Waals surface area contributed by atoms with Crippen LogP contribution in [0.2, 0.25) is 0 Å². The molecule has 3 aromatic rings. The van der Waals surface area contributed by atoms with Crippen LogP contribution in [0.25, 0.3) is 0 Å². The van der Waals surface area contributed by atoms with Crippen LogP contribution in [0.1, 0.15) is 30.9 Å². The third kappa shape index (κ3) is 6.49. The van der Waals surface area contributed by atoms with Gasteiger partial charge in [0, 0.05) is 31.3 Å². The van der Waals surface area contributed by atoms with E-state index in [0.717, 1.165) is 17.1 Å². The van der Waals surface area contributed by atoms with Crippen molar-refractivity contribution in [3.05, 3.63) is 65.9 Å². The summed E-state index contributed by atoms with van der Waals surface area (Å²) in [5.74, 6) is -4.11. The molecule has 2 atom stereocenters. The highest BCUT2D eigenvalue weighted by Crippen LogP contribution is 2.33. The number of aromatic nitrogens is 1. The van der Waals surface area contributed by atoms with Crippen molar-refractivity contribution in [1.29, 1.82) is 0 Å². The van der Waals surface area contributed by atoms with Crippen molar-refractivity contribution in [2.75, 3.05) is 36.5 Å². The molecule has 2 aliphatic rings. The second kappa shape index (κ2) is 12.1. The van der Waals surface area contributed by atoms with Gasteiger partial charge in [0.2, 0.25) is 6.10 Å². The van der Waals surface area contributed by atoms with Crippen LogP contribution in [0.3, 0.4) is 0 Å². The van der Waals surface area contributed by atoms with Crippen molar-refractivity contribution in [1.82, 2.24) is 4.98 Å². The molecule has 14 heteroatoms. The van der Waals surface area contributed by atoms with E-state index in [4.69, 9.17) is 9.47 Å². The first-order valence-electron chi connectivity index (χ1n) is 12.9. The molecule has 2 aliphatic heterocycles. The molecule has 41 heavy (non-hydrogen) atoms. The van der Waals surface area contributed by atoms with E-state index in [2.05, 4.69) is 10.3 Å². The van der Waals surface area contributed by atoms with Gasteiger partial charge >= 0.3 is 5.97 Å². The molecule has 0 saturated carbocycles. The Kier molecular flexibility index (Phi) is 8.52. The molecular formula is C27H27F2N3O7S2. The average molecular weight is 608 g/mol. The fraction of sp³-hybridized carbons (Fsp3) is 0.370. The zero-order valence-electron chi connectivity index (χ0n) is 21.7. The van der Waals surface area contributed by atoms with Crippen LogP contribution in [0.5, 0.6) is 5.75 Å². The Labute approximate surface area is 238 Å². The third-order valence-electron chi connectivity index (χ3n) is 7.09. The summed E-state index contributed by atoms with van der Waals surface area (Å²) in [6, 6.07) is 8.22. The molecule has 3 heterocycles. The van der Waals surface area contributed by atoms with Crippen molar-refractivity contribution in [2.24, 2.45) is 5.92 Å². The topological polar surface area (TPSA) is 135 Å². The van der Waals surface area contributed by atoms with E-state index in [-0.39, 0.29) is 27.9 Å². The largest absolute Gasteiger partial charge is 0.481 e. The van der Waals surface area contributed by atoms with Gasteiger partial charge in [-0.1, -0.05) is 23.5 Å². The zero-order valence-corrected chi connectivity index (χ0v) is 23.3. The molecule has 2 unspecified atom stereocenters. The number of sulfone groups is 1. The number of hydrogen-bond acceptors (Lipinski definition) is 9.